The van der Waals surface area contributed by atoms with Gasteiger partial charge in [-0.1, -0.05) is 30.3 Å². The van der Waals surface area contributed by atoms with E-state index >= 15 is 0 Å². The van der Waals surface area contributed by atoms with E-state index in [1.54, 1.807) is 60.7 Å². The number of para-hydroxylation sites is 1. The molecule has 0 amide bonds. The van der Waals surface area contributed by atoms with E-state index in [4.69, 9.17) is 9.47 Å². The molecule has 0 aliphatic carbocycles. The van der Waals surface area contributed by atoms with Gasteiger partial charge in [-0.2, -0.15) is 5.10 Å². The number of anilines is 1. The molecule has 3 rings (SSSR count). The zero-order valence-corrected chi connectivity index (χ0v) is 15.5. The van der Waals surface area contributed by atoms with E-state index in [0.717, 1.165) is 0 Å². The van der Waals surface area contributed by atoms with Crippen molar-refractivity contribution in [1.82, 2.24) is 0 Å². The van der Waals surface area contributed by atoms with Gasteiger partial charge in [0.15, 0.2) is 11.5 Å². The third kappa shape index (κ3) is 4.98. The number of methoxy groups -OCH3 is 1. The maximum Gasteiger partial charge on any atom is 0.343 e. The molecule has 0 saturated heterocycles. The fraction of sp³-hybridized carbons (Fsp3) is 0.0455. The first-order chi connectivity index (χ1) is 14.1. The summed E-state index contributed by atoms with van der Waals surface area (Å²) in [5.74, 6) is -0.890. The highest BCUT2D eigenvalue weighted by Gasteiger charge is 2.12. The molecular weight excluding hydrogens is 372 g/mol. The van der Waals surface area contributed by atoms with E-state index in [1.807, 2.05) is 6.07 Å². The van der Waals surface area contributed by atoms with Gasteiger partial charge >= 0.3 is 11.9 Å². The van der Waals surface area contributed by atoms with Crippen LogP contribution < -0.4 is 14.9 Å². The Kier molecular flexibility index (Phi) is 6.22. The van der Waals surface area contributed by atoms with Crippen LogP contribution in [-0.2, 0) is 0 Å². The van der Waals surface area contributed by atoms with Crippen LogP contribution >= 0.6 is 0 Å². The molecule has 29 heavy (non-hydrogen) atoms. The van der Waals surface area contributed by atoms with Crippen LogP contribution in [0, 0.1) is 0 Å². The minimum Gasteiger partial charge on any atom is -0.493 e. The predicted octanol–water partition coefficient (Wildman–Crippen LogP) is 4.06. The molecule has 0 unspecified atom stereocenters. The highest BCUT2D eigenvalue weighted by molar-refractivity contribution is 5.94. The van der Waals surface area contributed by atoms with E-state index in [-0.39, 0.29) is 11.3 Å². The van der Waals surface area contributed by atoms with Crippen LogP contribution in [0.25, 0.3) is 0 Å². The Morgan fingerprint density at radius 3 is 2.41 bits per heavy atom. The van der Waals surface area contributed by atoms with Crippen molar-refractivity contribution in [2.24, 2.45) is 5.10 Å². The number of aromatic carboxylic acids is 1. The van der Waals surface area contributed by atoms with E-state index in [1.165, 1.54) is 19.4 Å². The summed E-state index contributed by atoms with van der Waals surface area (Å²) in [6, 6.07) is 20.1. The Labute approximate surface area is 167 Å². The second-order valence-corrected chi connectivity index (χ2v) is 5.89. The number of hydrazone groups is 1. The second-order valence-electron chi connectivity index (χ2n) is 5.89. The lowest BCUT2D eigenvalue weighted by atomic mass is 10.2. The van der Waals surface area contributed by atoms with E-state index < -0.39 is 11.9 Å². The fourth-order valence-electron chi connectivity index (χ4n) is 2.53. The molecule has 0 fully saturated rings. The number of carbonyl (C=O) groups is 2. The summed E-state index contributed by atoms with van der Waals surface area (Å²) < 4.78 is 10.7. The molecule has 7 heteroatoms. The van der Waals surface area contributed by atoms with E-state index in [9.17, 15) is 14.7 Å². The number of hydrogen-bond acceptors (Lipinski definition) is 6. The van der Waals surface area contributed by atoms with Gasteiger partial charge in [-0.15, -0.1) is 0 Å². The van der Waals surface area contributed by atoms with Gasteiger partial charge in [-0.05, 0) is 48.0 Å². The Hall–Kier alpha value is -4.13. The van der Waals surface area contributed by atoms with Crippen molar-refractivity contribution in [3.8, 4) is 11.5 Å². The van der Waals surface area contributed by atoms with Gasteiger partial charge < -0.3 is 14.6 Å². The molecule has 2 N–H and O–H groups in total. The first-order valence-corrected chi connectivity index (χ1v) is 8.65. The topological polar surface area (TPSA) is 97.2 Å². The van der Waals surface area contributed by atoms with Crippen molar-refractivity contribution >= 4 is 23.8 Å². The fourth-order valence-corrected chi connectivity index (χ4v) is 2.53. The standard InChI is InChI=1S/C22H18N2O5/c1-28-20-13-15(14-23-24-18-10-6-5-9-17(18)21(25)26)11-12-19(20)29-22(27)16-7-3-2-4-8-16/h2-14,24H,1H3,(H,25,26)/b23-14-. The summed E-state index contributed by atoms with van der Waals surface area (Å²) in [4.78, 5) is 23.4. The molecular formula is C22H18N2O5. The molecule has 7 nitrogen and oxygen atoms in total. The maximum atomic E-state index is 12.2. The molecule has 3 aromatic rings. The zero-order chi connectivity index (χ0) is 20.6. The molecule has 146 valence electrons. The summed E-state index contributed by atoms with van der Waals surface area (Å²) in [5.41, 5.74) is 4.30. The van der Waals surface area contributed by atoms with Crippen LogP contribution in [0.2, 0.25) is 0 Å². The lowest BCUT2D eigenvalue weighted by Crippen LogP contribution is -2.09. The second kappa shape index (κ2) is 9.18. The number of nitrogens with one attached hydrogen (secondary N) is 1. The van der Waals surface area contributed by atoms with Gasteiger partial charge in [0.2, 0.25) is 0 Å². The predicted molar refractivity (Wildman–Crippen MR) is 109 cm³/mol. The van der Waals surface area contributed by atoms with Gasteiger partial charge in [-0.3, -0.25) is 5.43 Å². The lowest BCUT2D eigenvalue weighted by molar-refractivity contribution is 0.0695. The van der Waals surface area contributed by atoms with E-state index in [2.05, 4.69) is 10.5 Å². The number of ether oxygens (including phenoxy) is 2. The van der Waals surface area contributed by atoms with Crippen LogP contribution in [0.1, 0.15) is 26.3 Å². The number of carboxylic acids is 1. The highest BCUT2D eigenvalue weighted by Crippen LogP contribution is 2.28. The molecule has 0 heterocycles. The Morgan fingerprint density at radius 2 is 1.69 bits per heavy atom. The SMILES string of the molecule is COc1cc(/C=N\Nc2ccccc2C(=O)O)ccc1OC(=O)c1ccccc1. The van der Waals surface area contributed by atoms with Crippen LogP contribution in [0.3, 0.4) is 0 Å². The third-order valence-electron chi connectivity index (χ3n) is 3.96. The number of esters is 1. The molecule has 0 aliphatic rings. The van der Waals surface area contributed by atoms with Crippen molar-refractivity contribution in [2.75, 3.05) is 12.5 Å². The average molecular weight is 390 g/mol. The Balaban J connectivity index is 1.73. The van der Waals surface area contributed by atoms with Crippen LogP contribution in [-0.4, -0.2) is 30.4 Å². The number of hydrogen-bond donors (Lipinski definition) is 2. The quantitative estimate of drug-likeness (QED) is 0.273. The van der Waals surface area contributed by atoms with Gasteiger partial charge in [0.05, 0.1) is 30.1 Å². The molecule has 0 saturated carbocycles. The third-order valence-corrected chi connectivity index (χ3v) is 3.96. The molecule has 0 aromatic heterocycles. The number of carboxylic acid groups (broad SMARTS) is 1. The molecule has 0 spiro atoms. The first-order valence-electron chi connectivity index (χ1n) is 8.65. The zero-order valence-electron chi connectivity index (χ0n) is 15.5. The van der Waals surface area contributed by atoms with Gasteiger partial charge in [0.25, 0.3) is 0 Å². The van der Waals surface area contributed by atoms with Gasteiger partial charge in [0, 0.05) is 0 Å². The summed E-state index contributed by atoms with van der Waals surface area (Å²) in [5, 5.41) is 13.3. The molecule has 0 radical (unpaired) electrons. The van der Waals surface area contributed by atoms with Gasteiger partial charge in [0.1, 0.15) is 0 Å². The van der Waals surface area contributed by atoms with E-state index in [0.29, 0.717) is 22.6 Å². The lowest BCUT2D eigenvalue weighted by Gasteiger charge is -2.10. The highest BCUT2D eigenvalue weighted by atomic mass is 16.6. The molecule has 0 aliphatic heterocycles. The average Bonchev–Trinajstić information content (AvgIpc) is 2.75. The molecule has 0 atom stereocenters. The summed E-state index contributed by atoms with van der Waals surface area (Å²) in [7, 11) is 1.47. The monoisotopic (exact) mass is 390 g/mol. The normalized spacial score (nSPS) is 10.5. The number of rotatable bonds is 7. The van der Waals surface area contributed by atoms with Crippen molar-refractivity contribution in [3.63, 3.8) is 0 Å². The van der Waals surface area contributed by atoms with Crippen LogP contribution in [0.5, 0.6) is 11.5 Å². The molecule has 0 bridgehead atoms. The summed E-state index contributed by atoms with van der Waals surface area (Å²) >= 11 is 0. The largest absolute Gasteiger partial charge is 0.493 e. The minimum absolute atomic E-state index is 0.116. The summed E-state index contributed by atoms with van der Waals surface area (Å²) in [6.07, 6.45) is 1.50. The number of benzene rings is 3. The number of nitrogens with zero attached hydrogens (tertiary/aromatic N) is 1. The van der Waals surface area contributed by atoms with Crippen LogP contribution in [0.15, 0.2) is 77.9 Å². The Morgan fingerprint density at radius 1 is 0.966 bits per heavy atom. The molecule has 3 aromatic carbocycles. The first kappa shape index (κ1) is 19.6. The Bertz CT molecular complexity index is 1050. The van der Waals surface area contributed by atoms with Crippen LogP contribution in [0.4, 0.5) is 5.69 Å². The minimum atomic E-state index is -1.05. The van der Waals surface area contributed by atoms with Crippen molar-refractivity contribution < 1.29 is 24.2 Å². The number of carbonyl (C=O) groups excluding carboxylic acids is 1. The van der Waals surface area contributed by atoms with Crippen molar-refractivity contribution in [2.45, 2.75) is 0 Å². The maximum absolute atomic E-state index is 12.2. The van der Waals surface area contributed by atoms with Crippen molar-refractivity contribution in [3.05, 3.63) is 89.5 Å². The van der Waals surface area contributed by atoms with Gasteiger partial charge in [-0.25, -0.2) is 9.59 Å². The summed E-state index contributed by atoms with van der Waals surface area (Å²) in [6.45, 7) is 0. The smallest absolute Gasteiger partial charge is 0.343 e. The van der Waals surface area contributed by atoms with Crippen molar-refractivity contribution in [1.29, 1.82) is 0 Å².